The SMILES string of the molecule is COc1ccc(C)cc1C(O)COc1cccc(F)c1F. The van der Waals surface area contributed by atoms with E-state index in [1.807, 2.05) is 13.0 Å². The predicted molar refractivity (Wildman–Crippen MR) is 74.5 cm³/mol. The molecule has 1 atom stereocenters. The minimum Gasteiger partial charge on any atom is -0.496 e. The molecule has 0 heterocycles. The molecule has 0 aromatic heterocycles. The Bertz CT molecular complexity index is 629. The summed E-state index contributed by atoms with van der Waals surface area (Å²) >= 11 is 0. The number of methoxy groups -OCH3 is 1. The van der Waals surface area contributed by atoms with Crippen LogP contribution in [0.2, 0.25) is 0 Å². The summed E-state index contributed by atoms with van der Waals surface area (Å²) in [6, 6.07) is 8.99. The van der Waals surface area contributed by atoms with Crippen molar-refractivity contribution in [2.45, 2.75) is 13.0 Å². The van der Waals surface area contributed by atoms with E-state index in [2.05, 4.69) is 0 Å². The summed E-state index contributed by atoms with van der Waals surface area (Å²) in [6.07, 6.45) is -1.01. The van der Waals surface area contributed by atoms with Gasteiger partial charge in [0.15, 0.2) is 11.6 Å². The highest BCUT2D eigenvalue weighted by molar-refractivity contribution is 5.38. The number of aliphatic hydroxyl groups excluding tert-OH is 1. The lowest BCUT2D eigenvalue weighted by molar-refractivity contribution is 0.103. The van der Waals surface area contributed by atoms with Crippen LogP contribution in [0.1, 0.15) is 17.2 Å². The fourth-order valence-electron chi connectivity index (χ4n) is 1.97. The minimum atomic E-state index is -1.07. The molecule has 0 aliphatic rings. The van der Waals surface area contributed by atoms with Crippen LogP contribution < -0.4 is 9.47 Å². The van der Waals surface area contributed by atoms with Crippen LogP contribution >= 0.6 is 0 Å². The number of aryl methyl sites for hydroxylation is 1. The Morgan fingerprint density at radius 1 is 1.14 bits per heavy atom. The first-order valence-corrected chi connectivity index (χ1v) is 6.42. The Labute approximate surface area is 121 Å². The first-order chi connectivity index (χ1) is 10.0. The maximum atomic E-state index is 13.5. The average molecular weight is 294 g/mol. The molecule has 0 radical (unpaired) electrons. The molecule has 0 spiro atoms. The van der Waals surface area contributed by atoms with E-state index in [-0.39, 0.29) is 12.4 Å². The van der Waals surface area contributed by atoms with E-state index in [0.29, 0.717) is 11.3 Å². The first kappa shape index (κ1) is 15.3. The van der Waals surface area contributed by atoms with Crippen molar-refractivity contribution in [3.05, 3.63) is 59.2 Å². The first-order valence-electron chi connectivity index (χ1n) is 6.42. The Morgan fingerprint density at radius 3 is 2.62 bits per heavy atom. The molecule has 0 amide bonds. The van der Waals surface area contributed by atoms with Crippen LogP contribution in [0.4, 0.5) is 8.78 Å². The molecule has 2 aromatic rings. The number of hydrogen-bond acceptors (Lipinski definition) is 3. The van der Waals surface area contributed by atoms with Gasteiger partial charge in [-0.1, -0.05) is 17.7 Å². The Morgan fingerprint density at radius 2 is 1.90 bits per heavy atom. The molecule has 112 valence electrons. The second-order valence-electron chi connectivity index (χ2n) is 4.62. The molecule has 0 fully saturated rings. The van der Waals surface area contributed by atoms with Crippen molar-refractivity contribution >= 4 is 0 Å². The number of halogens is 2. The number of aliphatic hydroxyl groups is 1. The largest absolute Gasteiger partial charge is 0.496 e. The van der Waals surface area contributed by atoms with Crippen molar-refractivity contribution in [2.75, 3.05) is 13.7 Å². The lowest BCUT2D eigenvalue weighted by atomic mass is 10.1. The number of rotatable bonds is 5. The predicted octanol–water partition coefficient (Wildman–Crippen LogP) is 3.39. The van der Waals surface area contributed by atoms with Crippen molar-refractivity contribution in [3.8, 4) is 11.5 Å². The molecule has 1 unspecified atom stereocenters. The van der Waals surface area contributed by atoms with Gasteiger partial charge in [-0.2, -0.15) is 4.39 Å². The second-order valence-corrected chi connectivity index (χ2v) is 4.62. The van der Waals surface area contributed by atoms with Crippen molar-refractivity contribution in [2.24, 2.45) is 0 Å². The lowest BCUT2D eigenvalue weighted by Crippen LogP contribution is -2.12. The Hall–Kier alpha value is -2.14. The van der Waals surface area contributed by atoms with Crippen LogP contribution in [-0.2, 0) is 0 Å². The van der Waals surface area contributed by atoms with Crippen LogP contribution in [0, 0.1) is 18.6 Å². The quantitative estimate of drug-likeness (QED) is 0.918. The topological polar surface area (TPSA) is 38.7 Å². The fourth-order valence-corrected chi connectivity index (χ4v) is 1.97. The van der Waals surface area contributed by atoms with E-state index >= 15 is 0 Å². The van der Waals surface area contributed by atoms with E-state index in [1.54, 1.807) is 12.1 Å². The summed E-state index contributed by atoms with van der Waals surface area (Å²) in [5.41, 5.74) is 1.48. The van der Waals surface area contributed by atoms with Crippen molar-refractivity contribution in [1.29, 1.82) is 0 Å². The third-order valence-electron chi connectivity index (χ3n) is 3.06. The average Bonchev–Trinajstić information content (AvgIpc) is 2.48. The maximum absolute atomic E-state index is 13.5. The molecular formula is C16H16F2O3. The second kappa shape index (κ2) is 6.54. The van der Waals surface area contributed by atoms with Gasteiger partial charge in [0.1, 0.15) is 18.5 Å². The molecule has 2 rings (SSSR count). The highest BCUT2D eigenvalue weighted by atomic mass is 19.2. The van der Waals surface area contributed by atoms with Gasteiger partial charge in [-0.3, -0.25) is 0 Å². The van der Waals surface area contributed by atoms with Crippen LogP contribution in [0.25, 0.3) is 0 Å². The molecule has 1 N–H and O–H groups in total. The summed E-state index contributed by atoms with van der Waals surface area (Å²) in [6.45, 7) is 1.67. The van der Waals surface area contributed by atoms with Crippen LogP contribution in [-0.4, -0.2) is 18.8 Å². The van der Waals surface area contributed by atoms with E-state index in [1.165, 1.54) is 19.2 Å². The van der Waals surface area contributed by atoms with E-state index in [0.717, 1.165) is 11.6 Å². The Balaban J connectivity index is 2.13. The van der Waals surface area contributed by atoms with Gasteiger partial charge in [0.2, 0.25) is 5.82 Å². The zero-order valence-electron chi connectivity index (χ0n) is 11.8. The number of benzene rings is 2. The summed E-state index contributed by atoms with van der Waals surface area (Å²) in [4.78, 5) is 0. The molecule has 0 saturated heterocycles. The van der Waals surface area contributed by atoms with Gasteiger partial charge in [0, 0.05) is 5.56 Å². The Kier molecular flexibility index (Phi) is 4.75. The van der Waals surface area contributed by atoms with Crippen LogP contribution in [0.15, 0.2) is 36.4 Å². The molecule has 0 aliphatic heterocycles. The zero-order chi connectivity index (χ0) is 15.4. The molecule has 5 heteroatoms. The summed E-state index contributed by atoms with van der Waals surface area (Å²) in [5, 5.41) is 10.2. The summed E-state index contributed by atoms with van der Waals surface area (Å²) < 4.78 is 36.8. The van der Waals surface area contributed by atoms with Gasteiger partial charge in [-0.05, 0) is 31.2 Å². The molecule has 3 nitrogen and oxygen atoms in total. The maximum Gasteiger partial charge on any atom is 0.200 e. The molecule has 2 aromatic carbocycles. The number of ether oxygens (including phenoxy) is 2. The van der Waals surface area contributed by atoms with Crippen molar-refractivity contribution in [3.63, 3.8) is 0 Å². The van der Waals surface area contributed by atoms with Gasteiger partial charge >= 0.3 is 0 Å². The third kappa shape index (κ3) is 3.49. The summed E-state index contributed by atoms with van der Waals surface area (Å²) in [5.74, 6) is -1.78. The summed E-state index contributed by atoms with van der Waals surface area (Å²) in [7, 11) is 1.49. The van der Waals surface area contributed by atoms with E-state index < -0.39 is 17.7 Å². The third-order valence-corrected chi connectivity index (χ3v) is 3.06. The van der Waals surface area contributed by atoms with Gasteiger partial charge in [0.25, 0.3) is 0 Å². The molecular weight excluding hydrogens is 278 g/mol. The monoisotopic (exact) mass is 294 g/mol. The minimum absolute atomic E-state index is 0.208. The normalized spacial score (nSPS) is 12.0. The van der Waals surface area contributed by atoms with Gasteiger partial charge in [-0.25, -0.2) is 4.39 Å². The highest BCUT2D eigenvalue weighted by Gasteiger charge is 2.16. The molecule has 0 bridgehead atoms. The molecule has 21 heavy (non-hydrogen) atoms. The van der Waals surface area contributed by atoms with E-state index in [9.17, 15) is 13.9 Å². The fraction of sp³-hybridized carbons (Fsp3) is 0.250. The van der Waals surface area contributed by atoms with E-state index in [4.69, 9.17) is 9.47 Å². The van der Waals surface area contributed by atoms with Crippen molar-refractivity contribution in [1.82, 2.24) is 0 Å². The van der Waals surface area contributed by atoms with Gasteiger partial charge < -0.3 is 14.6 Å². The standard InChI is InChI=1S/C16H16F2O3/c1-10-6-7-14(20-2)11(8-10)13(19)9-21-15-5-3-4-12(17)16(15)18/h3-8,13,19H,9H2,1-2H3. The van der Waals surface area contributed by atoms with Crippen LogP contribution in [0.5, 0.6) is 11.5 Å². The van der Waals surface area contributed by atoms with Gasteiger partial charge in [-0.15, -0.1) is 0 Å². The van der Waals surface area contributed by atoms with Crippen molar-refractivity contribution < 1.29 is 23.4 Å². The molecule has 0 saturated carbocycles. The van der Waals surface area contributed by atoms with Crippen LogP contribution in [0.3, 0.4) is 0 Å². The van der Waals surface area contributed by atoms with Gasteiger partial charge in [0.05, 0.1) is 7.11 Å². The zero-order valence-corrected chi connectivity index (χ0v) is 11.8. The molecule has 0 aliphatic carbocycles. The highest BCUT2D eigenvalue weighted by Crippen LogP contribution is 2.27. The lowest BCUT2D eigenvalue weighted by Gasteiger charge is -2.16. The number of hydrogen-bond donors (Lipinski definition) is 1. The smallest absolute Gasteiger partial charge is 0.200 e.